The average molecular weight is 282 g/mol. The molecule has 0 rings (SSSR count). The Labute approximate surface area is 121 Å². The second-order valence-electron chi connectivity index (χ2n) is 5.12. The number of hydrogen-bond donors (Lipinski definition) is 0. The summed E-state index contributed by atoms with van der Waals surface area (Å²) in [6.07, 6.45) is 2.91. The Morgan fingerprint density at radius 2 is 1.70 bits per heavy atom. The van der Waals surface area contributed by atoms with Gasteiger partial charge in [0, 0.05) is 16.3 Å². The molecular weight excluding hydrogens is 259 g/mol. The lowest BCUT2D eigenvalue weighted by Crippen LogP contribution is -2.47. The largest absolute Gasteiger partial charge is 0.264 e. The zero-order chi connectivity index (χ0) is 15.9. The van der Waals surface area contributed by atoms with E-state index in [1.54, 1.807) is 13.8 Å². The van der Waals surface area contributed by atoms with Gasteiger partial charge in [0.2, 0.25) is 12.1 Å². The third-order valence-electron chi connectivity index (χ3n) is 4.10. The Morgan fingerprint density at radius 3 is 1.95 bits per heavy atom. The molecule has 0 heterocycles. The van der Waals surface area contributed by atoms with E-state index in [0.29, 0.717) is 19.3 Å². The maximum absolute atomic E-state index is 11.3. The molecular formula is C13H23BN2O4. The van der Waals surface area contributed by atoms with Gasteiger partial charge in [-0.25, -0.2) is 0 Å². The van der Waals surface area contributed by atoms with Gasteiger partial charge < -0.3 is 0 Å². The first-order valence-electron chi connectivity index (χ1n) is 6.97. The fourth-order valence-corrected chi connectivity index (χ4v) is 2.75. The van der Waals surface area contributed by atoms with Crippen LogP contribution in [-0.4, -0.2) is 29.8 Å². The van der Waals surface area contributed by atoms with Gasteiger partial charge in [-0.15, -0.1) is 0 Å². The van der Waals surface area contributed by atoms with Gasteiger partial charge in [0.1, 0.15) is 0 Å². The predicted octanol–water partition coefficient (Wildman–Crippen LogP) is 3.03. The molecule has 0 aromatic heterocycles. The summed E-state index contributed by atoms with van der Waals surface area (Å²) in [6, 6.07) is -2.24. The summed E-state index contributed by atoms with van der Waals surface area (Å²) in [5, 5.41) is 21.6. The molecule has 6 nitrogen and oxygen atoms in total. The van der Waals surface area contributed by atoms with Gasteiger partial charge in [-0.2, -0.15) is 0 Å². The highest BCUT2D eigenvalue weighted by molar-refractivity contribution is 6.15. The van der Waals surface area contributed by atoms with Crippen molar-refractivity contribution in [2.45, 2.75) is 63.9 Å². The molecule has 20 heavy (non-hydrogen) atoms. The van der Waals surface area contributed by atoms with E-state index >= 15 is 0 Å². The predicted molar refractivity (Wildman–Crippen MR) is 79.2 cm³/mol. The Hall–Kier alpha value is -1.40. The molecule has 3 unspecified atom stereocenters. The molecule has 7 heteroatoms. The number of rotatable bonds is 10. The first-order chi connectivity index (χ1) is 9.28. The lowest BCUT2D eigenvalue weighted by atomic mass is 9.53. The highest BCUT2D eigenvalue weighted by Gasteiger charge is 2.50. The van der Waals surface area contributed by atoms with Gasteiger partial charge in [-0.3, -0.25) is 20.2 Å². The van der Waals surface area contributed by atoms with E-state index < -0.39 is 33.2 Å². The molecule has 0 aliphatic heterocycles. The van der Waals surface area contributed by atoms with Crippen LogP contribution in [0, 0.1) is 26.1 Å². The summed E-state index contributed by atoms with van der Waals surface area (Å²) < 4.78 is 0. The average Bonchev–Trinajstić information content (AvgIpc) is 2.41. The van der Waals surface area contributed by atoms with Crippen molar-refractivity contribution in [3.05, 3.63) is 32.9 Å². The minimum Gasteiger partial charge on any atom is -0.264 e. The summed E-state index contributed by atoms with van der Waals surface area (Å²) >= 11 is 0. The summed E-state index contributed by atoms with van der Waals surface area (Å²) in [5.74, 6) is -0.861. The van der Waals surface area contributed by atoms with Crippen molar-refractivity contribution in [1.29, 1.82) is 0 Å². The van der Waals surface area contributed by atoms with Crippen molar-refractivity contribution >= 4 is 7.85 Å². The van der Waals surface area contributed by atoms with E-state index in [-0.39, 0.29) is 6.42 Å². The Kier molecular flexibility index (Phi) is 7.46. The molecule has 0 saturated heterocycles. The van der Waals surface area contributed by atoms with Crippen molar-refractivity contribution in [2.75, 3.05) is 0 Å². The standard InChI is InChI=1S/C13H23BN2O4/c1-5-9-11(16(19)20)12(10(6-2)15(17)18)13(14,7-3)8-4/h6,10-12H,2,5,7-9H2,1,3-4H3. The zero-order valence-electron chi connectivity index (χ0n) is 12.4. The van der Waals surface area contributed by atoms with E-state index in [0.717, 1.165) is 0 Å². The van der Waals surface area contributed by atoms with Crippen LogP contribution in [-0.2, 0) is 0 Å². The molecule has 0 N–H and O–H groups in total. The van der Waals surface area contributed by atoms with E-state index in [9.17, 15) is 20.2 Å². The van der Waals surface area contributed by atoms with Crippen LogP contribution in [0.5, 0.6) is 0 Å². The van der Waals surface area contributed by atoms with Crippen LogP contribution in [0.25, 0.3) is 0 Å². The highest BCUT2D eigenvalue weighted by Crippen LogP contribution is 2.45. The minimum absolute atomic E-state index is 0.273. The van der Waals surface area contributed by atoms with Gasteiger partial charge in [0.05, 0.1) is 13.8 Å². The van der Waals surface area contributed by atoms with Crippen LogP contribution in [0.3, 0.4) is 0 Å². The lowest BCUT2D eigenvalue weighted by molar-refractivity contribution is -0.571. The fraction of sp³-hybridized carbons (Fsp3) is 0.846. The molecule has 2 radical (unpaired) electrons. The second kappa shape index (κ2) is 8.02. The van der Waals surface area contributed by atoms with Gasteiger partial charge >= 0.3 is 0 Å². The molecule has 112 valence electrons. The van der Waals surface area contributed by atoms with Crippen LogP contribution < -0.4 is 0 Å². The third-order valence-corrected chi connectivity index (χ3v) is 4.10. The van der Waals surface area contributed by atoms with Crippen molar-refractivity contribution in [3.63, 3.8) is 0 Å². The quantitative estimate of drug-likeness (QED) is 0.267. The van der Waals surface area contributed by atoms with E-state index in [1.807, 2.05) is 6.92 Å². The molecule has 0 fully saturated rings. The van der Waals surface area contributed by atoms with Crippen molar-refractivity contribution in [3.8, 4) is 0 Å². The van der Waals surface area contributed by atoms with Crippen LogP contribution in [0.1, 0.15) is 46.5 Å². The molecule has 0 aromatic rings. The summed E-state index contributed by atoms with van der Waals surface area (Å²) in [5.41, 5.74) is 0. The maximum atomic E-state index is 11.3. The first kappa shape index (κ1) is 18.6. The SMILES string of the molecule is [B]C(CC)(CC)C(C(C=C)[N+](=O)[O-])C(CCC)[N+](=O)[O-]. The van der Waals surface area contributed by atoms with Crippen molar-refractivity contribution in [1.82, 2.24) is 0 Å². The lowest BCUT2D eigenvalue weighted by Gasteiger charge is -2.38. The summed E-state index contributed by atoms with van der Waals surface area (Å²) in [7, 11) is 6.27. The smallest absolute Gasteiger partial charge is 0.240 e. The Balaban J connectivity index is 5.82. The van der Waals surface area contributed by atoms with Crippen LogP contribution in [0.2, 0.25) is 5.31 Å². The van der Waals surface area contributed by atoms with E-state index in [2.05, 4.69) is 6.58 Å². The molecule has 0 spiro atoms. The van der Waals surface area contributed by atoms with Gasteiger partial charge in [-0.1, -0.05) is 45.5 Å². The molecule has 0 aliphatic rings. The fourth-order valence-electron chi connectivity index (χ4n) is 2.75. The van der Waals surface area contributed by atoms with E-state index in [4.69, 9.17) is 7.85 Å². The summed E-state index contributed by atoms with van der Waals surface area (Å²) in [6.45, 7) is 8.90. The van der Waals surface area contributed by atoms with Crippen LogP contribution >= 0.6 is 0 Å². The van der Waals surface area contributed by atoms with Gasteiger partial charge in [0.25, 0.3) is 0 Å². The van der Waals surface area contributed by atoms with Crippen molar-refractivity contribution < 1.29 is 9.85 Å². The minimum atomic E-state index is -1.21. The topological polar surface area (TPSA) is 86.3 Å². The third kappa shape index (κ3) is 4.05. The number of nitro groups is 2. The van der Waals surface area contributed by atoms with Crippen LogP contribution in [0.4, 0.5) is 0 Å². The Morgan fingerprint density at radius 1 is 1.20 bits per heavy atom. The Bertz CT molecular complexity index is 358. The van der Waals surface area contributed by atoms with Gasteiger partial charge in [0.15, 0.2) is 0 Å². The van der Waals surface area contributed by atoms with Crippen molar-refractivity contribution in [2.24, 2.45) is 5.92 Å². The number of hydrogen-bond acceptors (Lipinski definition) is 4. The molecule has 0 aromatic carbocycles. The summed E-state index contributed by atoms with van der Waals surface area (Å²) in [4.78, 5) is 21.6. The zero-order valence-corrected chi connectivity index (χ0v) is 12.4. The number of nitrogens with zero attached hydrogens (tertiary/aromatic N) is 2. The molecule has 0 saturated carbocycles. The first-order valence-corrected chi connectivity index (χ1v) is 6.97. The van der Waals surface area contributed by atoms with E-state index in [1.165, 1.54) is 6.08 Å². The molecule has 3 atom stereocenters. The maximum Gasteiger partial charge on any atom is 0.240 e. The molecule has 0 aliphatic carbocycles. The molecule has 0 bridgehead atoms. The highest BCUT2D eigenvalue weighted by atomic mass is 16.6. The normalized spacial score (nSPS) is 16.1. The monoisotopic (exact) mass is 282 g/mol. The molecule has 0 amide bonds. The second-order valence-corrected chi connectivity index (χ2v) is 5.12. The van der Waals surface area contributed by atoms with Gasteiger partial charge in [-0.05, 0) is 12.5 Å². The van der Waals surface area contributed by atoms with Crippen LogP contribution in [0.15, 0.2) is 12.7 Å².